The highest BCUT2D eigenvalue weighted by Crippen LogP contribution is 2.34. The monoisotopic (exact) mass is 356 g/mol. The maximum Gasteiger partial charge on any atom is 0.185 e. The van der Waals surface area contributed by atoms with Gasteiger partial charge in [-0.15, -0.1) is 0 Å². The van der Waals surface area contributed by atoms with Crippen molar-refractivity contribution in [1.82, 2.24) is 0 Å². The Kier molecular flexibility index (Phi) is 5.27. The van der Waals surface area contributed by atoms with Crippen molar-refractivity contribution in [2.45, 2.75) is 23.5 Å². The molecule has 0 fully saturated rings. The summed E-state index contributed by atoms with van der Waals surface area (Å²) in [6, 6.07) is 12.8. The fraction of sp³-hybridized carbons (Fsp3) is 0.188. The van der Waals surface area contributed by atoms with E-state index in [1.165, 1.54) is 25.1 Å². The molecule has 6 heteroatoms. The minimum Gasteiger partial charge on any atom is -0.300 e. The van der Waals surface area contributed by atoms with Crippen LogP contribution in [0.1, 0.15) is 24.2 Å². The quantitative estimate of drug-likeness (QED) is 0.792. The van der Waals surface area contributed by atoms with Crippen molar-refractivity contribution < 1.29 is 13.2 Å². The molecule has 2 aromatic rings. The molecule has 0 bridgehead atoms. The van der Waals surface area contributed by atoms with Gasteiger partial charge in [0.25, 0.3) is 0 Å². The second-order valence-electron chi connectivity index (χ2n) is 4.93. The molecule has 2 rings (SSSR count). The van der Waals surface area contributed by atoms with Crippen molar-refractivity contribution in [3.8, 4) is 0 Å². The summed E-state index contributed by atoms with van der Waals surface area (Å²) in [7, 11) is -3.75. The van der Waals surface area contributed by atoms with Gasteiger partial charge in [0.15, 0.2) is 9.84 Å². The van der Waals surface area contributed by atoms with Gasteiger partial charge in [0.1, 0.15) is 5.78 Å². The van der Waals surface area contributed by atoms with Crippen LogP contribution in [0.3, 0.4) is 0 Å². The fourth-order valence-electron chi connectivity index (χ4n) is 2.15. The number of halogens is 2. The largest absolute Gasteiger partial charge is 0.300 e. The summed E-state index contributed by atoms with van der Waals surface area (Å²) in [5.74, 6) is -0.197. The molecule has 0 spiro atoms. The van der Waals surface area contributed by atoms with E-state index in [0.717, 1.165) is 0 Å². The third kappa shape index (κ3) is 3.69. The van der Waals surface area contributed by atoms with Crippen molar-refractivity contribution in [1.29, 1.82) is 0 Å². The zero-order valence-corrected chi connectivity index (χ0v) is 14.1. The molecule has 0 amide bonds. The SMILES string of the molecule is CC(=O)C[C@@H](c1ccccc1)S(=O)(=O)c1ccc(Cl)c(Cl)c1. The van der Waals surface area contributed by atoms with Crippen LogP contribution in [0.15, 0.2) is 53.4 Å². The Hall–Kier alpha value is -1.36. The van der Waals surface area contributed by atoms with E-state index >= 15 is 0 Å². The number of carbonyl (C=O) groups is 1. The lowest BCUT2D eigenvalue weighted by Crippen LogP contribution is -2.16. The lowest BCUT2D eigenvalue weighted by atomic mass is 10.1. The third-order valence-electron chi connectivity index (χ3n) is 3.24. The number of Topliss-reactive ketones (excluding diaryl/α,β-unsaturated/α-hetero) is 1. The Bertz CT molecular complexity index is 786. The Labute approximate surface area is 139 Å². The van der Waals surface area contributed by atoms with Crippen molar-refractivity contribution in [2.24, 2.45) is 0 Å². The number of carbonyl (C=O) groups excluding carboxylic acids is 1. The Morgan fingerprint density at radius 2 is 1.68 bits per heavy atom. The summed E-state index contributed by atoms with van der Waals surface area (Å²) in [5.41, 5.74) is 0.573. The van der Waals surface area contributed by atoms with E-state index in [1.54, 1.807) is 30.3 Å². The molecule has 3 nitrogen and oxygen atoms in total. The van der Waals surface area contributed by atoms with E-state index < -0.39 is 15.1 Å². The van der Waals surface area contributed by atoms with Crippen LogP contribution in [-0.4, -0.2) is 14.2 Å². The van der Waals surface area contributed by atoms with Crippen LogP contribution in [-0.2, 0) is 14.6 Å². The third-order valence-corrected chi connectivity index (χ3v) is 6.08. The summed E-state index contributed by atoms with van der Waals surface area (Å²) in [6.07, 6.45) is -0.0907. The van der Waals surface area contributed by atoms with Crippen LogP contribution in [0.2, 0.25) is 10.0 Å². The first kappa shape index (κ1) is 17.0. The summed E-state index contributed by atoms with van der Waals surface area (Å²) in [6.45, 7) is 1.38. The van der Waals surface area contributed by atoms with Gasteiger partial charge in [0, 0.05) is 6.42 Å². The zero-order chi connectivity index (χ0) is 16.3. The van der Waals surface area contributed by atoms with Gasteiger partial charge in [-0.25, -0.2) is 8.42 Å². The molecule has 1 atom stereocenters. The minimum atomic E-state index is -3.75. The highest BCUT2D eigenvalue weighted by atomic mass is 35.5. The fourth-order valence-corrected chi connectivity index (χ4v) is 4.35. The Balaban J connectivity index is 2.54. The predicted octanol–water partition coefficient (Wildman–Crippen LogP) is 4.49. The molecule has 0 aliphatic heterocycles. The maximum atomic E-state index is 12.9. The molecule has 0 radical (unpaired) electrons. The number of rotatable bonds is 5. The summed E-state index contributed by atoms with van der Waals surface area (Å²) < 4.78 is 25.8. The highest BCUT2D eigenvalue weighted by molar-refractivity contribution is 7.91. The minimum absolute atomic E-state index is 0.0528. The van der Waals surface area contributed by atoms with Crippen LogP contribution < -0.4 is 0 Å². The second kappa shape index (κ2) is 6.82. The van der Waals surface area contributed by atoms with Gasteiger partial charge < -0.3 is 0 Å². The number of hydrogen-bond acceptors (Lipinski definition) is 3. The molecule has 0 unspecified atom stereocenters. The molecule has 0 saturated carbocycles. The lowest BCUT2D eigenvalue weighted by molar-refractivity contribution is -0.117. The maximum absolute atomic E-state index is 12.9. The van der Waals surface area contributed by atoms with Gasteiger partial charge >= 0.3 is 0 Å². The van der Waals surface area contributed by atoms with E-state index in [0.29, 0.717) is 5.56 Å². The van der Waals surface area contributed by atoms with Crippen molar-refractivity contribution in [2.75, 3.05) is 0 Å². The summed E-state index contributed by atoms with van der Waals surface area (Å²) in [4.78, 5) is 11.6. The van der Waals surface area contributed by atoms with Gasteiger partial charge in [0.05, 0.1) is 20.2 Å². The van der Waals surface area contributed by atoms with Crippen molar-refractivity contribution >= 4 is 38.8 Å². The smallest absolute Gasteiger partial charge is 0.185 e. The van der Waals surface area contributed by atoms with Crippen molar-refractivity contribution in [3.63, 3.8) is 0 Å². The van der Waals surface area contributed by atoms with Crippen molar-refractivity contribution in [3.05, 3.63) is 64.1 Å². The molecule has 22 heavy (non-hydrogen) atoms. The topological polar surface area (TPSA) is 51.2 Å². The standard InChI is InChI=1S/C16H14Cl2O3S/c1-11(19)9-16(12-5-3-2-4-6-12)22(20,21)13-7-8-14(17)15(18)10-13/h2-8,10,16H,9H2,1H3/t16-/m0/s1. The van der Waals surface area contributed by atoms with Gasteiger partial charge in [-0.3, -0.25) is 4.79 Å². The molecule has 0 heterocycles. The molecular formula is C16H14Cl2O3S. The molecule has 0 aliphatic rings. The van der Waals surface area contributed by atoms with Gasteiger partial charge in [-0.1, -0.05) is 53.5 Å². The van der Waals surface area contributed by atoms with Crippen LogP contribution >= 0.6 is 23.2 Å². The Morgan fingerprint density at radius 3 is 2.23 bits per heavy atom. The van der Waals surface area contributed by atoms with E-state index in [4.69, 9.17) is 23.2 Å². The molecule has 2 aromatic carbocycles. The molecular weight excluding hydrogens is 343 g/mol. The first-order valence-corrected chi connectivity index (χ1v) is 8.86. The number of benzene rings is 2. The molecule has 116 valence electrons. The normalized spacial score (nSPS) is 12.9. The first-order valence-electron chi connectivity index (χ1n) is 6.55. The van der Waals surface area contributed by atoms with Gasteiger partial charge in [-0.05, 0) is 30.7 Å². The zero-order valence-electron chi connectivity index (χ0n) is 11.8. The van der Waals surface area contributed by atoms with E-state index in [9.17, 15) is 13.2 Å². The van der Waals surface area contributed by atoms with E-state index in [2.05, 4.69) is 0 Å². The number of sulfone groups is 1. The number of ketones is 1. The molecule has 0 aromatic heterocycles. The molecule has 0 saturated heterocycles. The van der Waals surface area contributed by atoms with Gasteiger partial charge in [-0.2, -0.15) is 0 Å². The lowest BCUT2D eigenvalue weighted by Gasteiger charge is -2.17. The van der Waals surface area contributed by atoms with Crippen LogP contribution in [0.4, 0.5) is 0 Å². The van der Waals surface area contributed by atoms with E-state index in [-0.39, 0.29) is 27.1 Å². The molecule has 0 N–H and O–H groups in total. The average Bonchev–Trinajstić information content (AvgIpc) is 2.48. The summed E-state index contributed by atoms with van der Waals surface area (Å²) >= 11 is 11.7. The highest BCUT2D eigenvalue weighted by Gasteiger charge is 2.30. The van der Waals surface area contributed by atoms with Crippen LogP contribution in [0, 0.1) is 0 Å². The predicted molar refractivity (Wildman–Crippen MR) is 88.1 cm³/mol. The van der Waals surface area contributed by atoms with Crippen LogP contribution in [0.5, 0.6) is 0 Å². The summed E-state index contributed by atoms with van der Waals surface area (Å²) in [5, 5.41) is -0.496. The van der Waals surface area contributed by atoms with E-state index in [1.807, 2.05) is 0 Å². The number of hydrogen-bond donors (Lipinski definition) is 0. The first-order chi connectivity index (χ1) is 10.3. The molecule has 0 aliphatic carbocycles. The Morgan fingerprint density at radius 1 is 1.05 bits per heavy atom. The van der Waals surface area contributed by atoms with Crippen LogP contribution in [0.25, 0.3) is 0 Å². The second-order valence-corrected chi connectivity index (χ2v) is 7.87. The average molecular weight is 357 g/mol. The van der Waals surface area contributed by atoms with Gasteiger partial charge in [0.2, 0.25) is 0 Å².